The second kappa shape index (κ2) is 6.80. The summed E-state index contributed by atoms with van der Waals surface area (Å²) in [5.74, 6) is 0.194. The van der Waals surface area contributed by atoms with Crippen molar-refractivity contribution in [3.63, 3.8) is 0 Å². The van der Waals surface area contributed by atoms with E-state index < -0.39 is 0 Å². The van der Waals surface area contributed by atoms with Crippen LogP contribution in [-0.4, -0.2) is 48.7 Å². The van der Waals surface area contributed by atoms with Gasteiger partial charge in [0.15, 0.2) is 0 Å². The van der Waals surface area contributed by atoms with Crippen LogP contribution in [0.1, 0.15) is 32.1 Å². The van der Waals surface area contributed by atoms with Gasteiger partial charge in [0, 0.05) is 19.7 Å². The molecule has 88 valence electrons. The lowest BCUT2D eigenvalue weighted by Crippen LogP contribution is -2.37. The summed E-state index contributed by atoms with van der Waals surface area (Å²) in [5, 5.41) is 11.7. The summed E-state index contributed by atoms with van der Waals surface area (Å²) in [6.07, 6.45) is 5.24. The first-order valence-corrected chi connectivity index (χ1v) is 5.83. The third-order valence-electron chi connectivity index (χ3n) is 2.78. The fourth-order valence-corrected chi connectivity index (χ4v) is 1.52. The van der Waals surface area contributed by atoms with Crippen molar-refractivity contribution in [1.82, 2.24) is 10.2 Å². The Morgan fingerprint density at radius 2 is 2.13 bits per heavy atom. The monoisotopic (exact) mass is 214 g/mol. The third-order valence-corrected chi connectivity index (χ3v) is 2.78. The van der Waals surface area contributed by atoms with E-state index in [1.54, 1.807) is 0 Å². The molecular weight excluding hydrogens is 192 g/mol. The number of aliphatic hydroxyl groups is 1. The first kappa shape index (κ1) is 12.5. The molecule has 4 heteroatoms. The Kier molecular flexibility index (Phi) is 5.65. The number of likely N-dealkylation sites (N-methyl/N-ethyl adjacent to an activating group) is 1. The van der Waals surface area contributed by atoms with E-state index >= 15 is 0 Å². The zero-order valence-corrected chi connectivity index (χ0v) is 9.54. The number of rotatable bonds is 8. The lowest BCUT2D eigenvalue weighted by atomic mass is 10.2. The molecule has 0 saturated heterocycles. The van der Waals surface area contributed by atoms with Gasteiger partial charge in [0.2, 0.25) is 5.91 Å². The molecule has 2 N–H and O–H groups in total. The number of hydrogen-bond donors (Lipinski definition) is 2. The van der Waals surface area contributed by atoms with E-state index in [0.717, 1.165) is 25.8 Å². The first-order valence-electron chi connectivity index (χ1n) is 5.83. The lowest BCUT2D eigenvalue weighted by Gasteiger charge is -2.16. The van der Waals surface area contributed by atoms with Crippen molar-refractivity contribution in [2.45, 2.75) is 38.1 Å². The second-order valence-corrected chi connectivity index (χ2v) is 4.20. The van der Waals surface area contributed by atoms with Gasteiger partial charge in [0.05, 0.1) is 6.54 Å². The smallest absolute Gasteiger partial charge is 0.236 e. The van der Waals surface area contributed by atoms with Gasteiger partial charge in [0.1, 0.15) is 0 Å². The zero-order chi connectivity index (χ0) is 11.1. The highest BCUT2D eigenvalue weighted by Gasteiger charge is 2.28. The molecule has 0 atom stereocenters. The molecule has 4 nitrogen and oxygen atoms in total. The van der Waals surface area contributed by atoms with E-state index in [-0.39, 0.29) is 12.5 Å². The number of unbranched alkanes of at least 4 members (excludes halogenated alkanes) is 2. The molecule has 1 amide bonds. The van der Waals surface area contributed by atoms with E-state index in [0.29, 0.717) is 12.6 Å². The molecule has 0 aromatic heterocycles. The molecule has 1 aliphatic carbocycles. The van der Waals surface area contributed by atoms with Crippen molar-refractivity contribution in [1.29, 1.82) is 0 Å². The standard InChI is InChI=1S/C11H22N2O2/c1-13(10-5-6-10)11(15)9-12-7-3-2-4-8-14/h10,12,14H,2-9H2,1H3. The van der Waals surface area contributed by atoms with Gasteiger partial charge in [-0.05, 0) is 38.6 Å². The third kappa shape index (κ3) is 5.14. The van der Waals surface area contributed by atoms with E-state index in [4.69, 9.17) is 5.11 Å². The lowest BCUT2D eigenvalue weighted by molar-refractivity contribution is -0.129. The number of carbonyl (C=O) groups excluding carboxylic acids is 1. The highest BCUT2D eigenvalue weighted by atomic mass is 16.2. The van der Waals surface area contributed by atoms with Gasteiger partial charge in [-0.3, -0.25) is 4.79 Å². The largest absolute Gasteiger partial charge is 0.396 e. The highest BCUT2D eigenvalue weighted by Crippen LogP contribution is 2.24. The van der Waals surface area contributed by atoms with Crippen LogP contribution in [0, 0.1) is 0 Å². The Morgan fingerprint density at radius 1 is 1.40 bits per heavy atom. The molecule has 0 bridgehead atoms. The van der Waals surface area contributed by atoms with Crippen LogP contribution >= 0.6 is 0 Å². The van der Waals surface area contributed by atoms with Gasteiger partial charge >= 0.3 is 0 Å². The SMILES string of the molecule is CN(C(=O)CNCCCCCO)C1CC1. The zero-order valence-electron chi connectivity index (χ0n) is 9.54. The molecule has 0 spiro atoms. The van der Waals surface area contributed by atoms with Crippen LogP contribution in [0.3, 0.4) is 0 Å². The molecule has 0 aromatic carbocycles. The van der Waals surface area contributed by atoms with E-state index in [9.17, 15) is 4.79 Å². The summed E-state index contributed by atoms with van der Waals surface area (Å²) in [4.78, 5) is 13.4. The Morgan fingerprint density at radius 3 is 2.73 bits per heavy atom. The highest BCUT2D eigenvalue weighted by molar-refractivity contribution is 5.78. The fraction of sp³-hybridized carbons (Fsp3) is 0.909. The minimum Gasteiger partial charge on any atom is -0.396 e. The summed E-state index contributed by atoms with van der Waals surface area (Å²) in [6, 6.07) is 0.508. The van der Waals surface area contributed by atoms with Crippen molar-refractivity contribution < 1.29 is 9.90 Å². The van der Waals surface area contributed by atoms with Crippen molar-refractivity contribution in [3.05, 3.63) is 0 Å². The van der Waals surface area contributed by atoms with Gasteiger partial charge in [0.25, 0.3) is 0 Å². The molecule has 1 rings (SSSR count). The average Bonchev–Trinajstić information content (AvgIpc) is 3.05. The average molecular weight is 214 g/mol. The topological polar surface area (TPSA) is 52.6 Å². The predicted octanol–water partition coefficient (Wildman–Crippen LogP) is 0.359. The van der Waals surface area contributed by atoms with Gasteiger partial charge in [-0.2, -0.15) is 0 Å². The van der Waals surface area contributed by atoms with Crippen LogP contribution in [0.15, 0.2) is 0 Å². The van der Waals surface area contributed by atoms with Crippen LogP contribution < -0.4 is 5.32 Å². The van der Waals surface area contributed by atoms with Crippen LogP contribution in [-0.2, 0) is 4.79 Å². The molecule has 0 aromatic rings. The number of nitrogens with zero attached hydrogens (tertiary/aromatic N) is 1. The molecule has 15 heavy (non-hydrogen) atoms. The van der Waals surface area contributed by atoms with Gasteiger partial charge in [-0.25, -0.2) is 0 Å². The maximum absolute atomic E-state index is 11.5. The molecule has 0 heterocycles. The Bertz CT molecular complexity index is 193. The number of carbonyl (C=O) groups is 1. The number of aliphatic hydroxyl groups excluding tert-OH is 1. The normalized spacial score (nSPS) is 15.3. The minimum atomic E-state index is 0.194. The summed E-state index contributed by atoms with van der Waals surface area (Å²) in [6.45, 7) is 1.58. The second-order valence-electron chi connectivity index (χ2n) is 4.20. The molecule has 0 radical (unpaired) electrons. The minimum absolute atomic E-state index is 0.194. The Hall–Kier alpha value is -0.610. The summed E-state index contributed by atoms with van der Waals surface area (Å²) in [5.41, 5.74) is 0. The molecule has 1 saturated carbocycles. The molecule has 0 unspecified atom stereocenters. The fourth-order valence-electron chi connectivity index (χ4n) is 1.52. The summed E-state index contributed by atoms with van der Waals surface area (Å²) >= 11 is 0. The van der Waals surface area contributed by atoms with Gasteiger partial charge in [-0.1, -0.05) is 0 Å². The molecular formula is C11H22N2O2. The summed E-state index contributed by atoms with van der Waals surface area (Å²) in [7, 11) is 1.88. The summed E-state index contributed by atoms with van der Waals surface area (Å²) < 4.78 is 0. The van der Waals surface area contributed by atoms with Crippen LogP contribution in [0.2, 0.25) is 0 Å². The Balaban J connectivity index is 1.92. The van der Waals surface area contributed by atoms with Crippen LogP contribution in [0.25, 0.3) is 0 Å². The number of nitrogens with one attached hydrogen (secondary N) is 1. The molecule has 1 fully saturated rings. The first-order chi connectivity index (χ1) is 7.25. The van der Waals surface area contributed by atoms with Crippen molar-refractivity contribution >= 4 is 5.91 Å². The van der Waals surface area contributed by atoms with E-state index in [1.807, 2.05) is 11.9 Å². The maximum atomic E-state index is 11.5. The maximum Gasteiger partial charge on any atom is 0.236 e. The Labute approximate surface area is 91.6 Å². The van der Waals surface area contributed by atoms with Crippen molar-refractivity contribution in [3.8, 4) is 0 Å². The van der Waals surface area contributed by atoms with Crippen LogP contribution in [0.4, 0.5) is 0 Å². The van der Waals surface area contributed by atoms with Gasteiger partial charge in [-0.15, -0.1) is 0 Å². The van der Waals surface area contributed by atoms with Crippen LogP contribution in [0.5, 0.6) is 0 Å². The van der Waals surface area contributed by atoms with Crippen molar-refractivity contribution in [2.75, 3.05) is 26.7 Å². The van der Waals surface area contributed by atoms with E-state index in [2.05, 4.69) is 5.32 Å². The predicted molar refractivity (Wildman–Crippen MR) is 59.6 cm³/mol. The van der Waals surface area contributed by atoms with Crippen molar-refractivity contribution in [2.24, 2.45) is 0 Å². The number of hydrogen-bond acceptors (Lipinski definition) is 3. The quantitative estimate of drug-likeness (QED) is 0.574. The molecule has 1 aliphatic rings. The van der Waals surface area contributed by atoms with Gasteiger partial charge < -0.3 is 15.3 Å². The number of amides is 1. The molecule has 0 aliphatic heterocycles. The van der Waals surface area contributed by atoms with E-state index in [1.165, 1.54) is 12.8 Å².